The first-order valence-electron chi connectivity index (χ1n) is 9.26. The number of likely N-dealkylation sites (tertiary alicyclic amines) is 1. The fourth-order valence-corrected chi connectivity index (χ4v) is 5.21. The lowest BCUT2D eigenvalue weighted by atomic mass is 10.0. The van der Waals surface area contributed by atoms with Crippen molar-refractivity contribution in [3.05, 3.63) is 23.8 Å². The van der Waals surface area contributed by atoms with Crippen molar-refractivity contribution in [3.63, 3.8) is 0 Å². The molecule has 2 N–H and O–H groups in total. The minimum absolute atomic E-state index is 0.00680. The molecule has 9 heteroatoms. The predicted molar refractivity (Wildman–Crippen MR) is 100 cm³/mol. The van der Waals surface area contributed by atoms with E-state index in [1.807, 2.05) is 0 Å². The van der Waals surface area contributed by atoms with Crippen LogP contribution in [0.1, 0.15) is 29.6 Å². The third kappa shape index (κ3) is 4.11. The standard InChI is InChI=1S/C18H27N3O5S/c1-25-16-6-5-14(18(22)21-7-3-2-4-15(21)13-19)12-17(16)27(23,24)20-8-10-26-11-9-20/h5-6,12,15H,2-4,7-11,13,19H2,1H3. The second kappa shape index (κ2) is 8.55. The van der Waals surface area contributed by atoms with E-state index in [1.54, 1.807) is 17.0 Å². The molecule has 1 aromatic carbocycles. The quantitative estimate of drug-likeness (QED) is 0.783. The summed E-state index contributed by atoms with van der Waals surface area (Å²) >= 11 is 0. The predicted octanol–water partition coefficient (Wildman–Crippen LogP) is 0.670. The van der Waals surface area contributed by atoms with Crippen molar-refractivity contribution in [2.24, 2.45) is 5.73 Å². The van der Waals surface area contributed by atoms with Crippen LogP contribution in [0.4, 0.5) is 0 Å². The zero-order chi connectivity index (χ0) is 19.4. The smallest absolute Gasteiger partial charge is 0.254 e. The van der Waals surface area contributed by atoms with Crippen molar-refractivity contribution >= 4 is 15.9 Å². The topological polar surface area (TPSA) is 102 Å². The highest BCUT2D eigenvalue weighted by Crippen LogP contribution is 2.29. The average molecular weight is 397 g/mol. The van der Waals surface area contributed by atoms with Crippen LogP contribution in [0, 0.1) is 0 Å². The minimum Gasteiger partial charge on any atom is -0.495 e. The lowest BCUT2D eigenvalue weighted by Gasteiger charge is -2.35. The first-order valence-corrected chi connectivity index (χ1v) is 10.7. The third-order valence-corrected chi connectivity index (χ3v) is 7.08. The summed E-state index contributed by atoms with van der Waals surface area (Å²) in [6, 6.07) is 4.57. The molecule has 3 rings (SSSR count). The monoisotopic (exact) mass is 397 g/mol. The Labute approximate surface area is 160 Å². The highest BCUT2D eigenvalue weighted by Gasteiger charge is 2.32. The largest absolute Gasteiger partial charge is 0.495 e. The summed E-state index contributed by atoms with van der Waals surface area (Å²) in [4.78, 5) is 14.8. The molecule has 0 radical (unpaired) electrons. The SMILES string of the molecule is COc1ccc(C(=O)N2CCCCC2CN)cc1S(=O)(=O)N1CCOCC1. The molecule has 150 valence electrons. The fraction of sp³-hybridized carbons (Fsp3) is 0.611. The second-order valence-corrected chi connectivity index (χ2v) is 8.67. The molecule has 2 aliphatic rings. The number of methoxy groups -OCH3 is 1. The number of carbonyl (C=O) groups is 1. The van der Waals surface area contributed by atoms with Gasteiger partial charge < -0.3 is 20.1 Å². The summed E-state index contributed by atoms with van der Waals surface area (Å²) in [5.41, 5.74) is 6.16. The number of morpholine rings is 1. The maximum Gasteiger partial charge on any atom is 0.254 e. The molecule has 0 aliphatic carbocycles. The van der Waals surface area contributed by atoms with Gasteiger partial charge >= 0.3 is 0 Å². The van der Waals surface area contributed by atoms with Gasteiger partial charge in [-0.1, -0.05) is 0 Å². The Morgan fingerprint density at radius 1 is 1.26 bits per heavy atom. The molecule has 0 aromatic heterocycles. The van der Waals surface area contributed by atoms with Crippen molar-refractivity contribution < 1.29 is 22.7 Å². The van der Waals surface area contributed by atoms with Crippen LogP contribution in [-0.2, 0) is 14.8 Å². The fourth-order valence-electron chi connectivity index (χ4n) is 3.62. The molecule has 1 unspecified atom stereocenters. The maximum atomic E-state index is 13.1. The van der Waals surface area contributed by atoms with E-state index in [-0.39, 0.29) is 35.7 Å². The highest BCUT2D eigenvalue weighted by atomic mass is 32.2. The number of piperidine rings is 1. The molecule has 1 amide bonds. The van der Waals surface area contributed by atoms with Gasteiger partial charge in [0.1, 0.15) is 10.6 Å². The number of carbonyl (C=O) groups excluding carboxylic acids is 1. The van der Waals surface area contributed by atoms with E-state index in [2.05, 4.69) is 0 Å². The number of nitrogens with two attached hydrogens (primary N) is 1. The first kappa shape index (κ1) is 20.1. The van der Waals surface area contributed by atoms with Crippen molar-refractivity contribution in [2.45, 2.75) is 30.2 Å². The molecule has 1 atom stereocenters. The normalized spacial score (nSPS) is 21.9. The lowest BCUT2D eigenvalue weighted by molar-refractivity contribution is 0.0623. The summed E-state index contributed by atoms with van der Waals surface area (Å²) in [5.74, 6) is 0.0401. The first-order chi connectivity index (χ1) is 13.0. The Hall–Kier alpha value is -1.68. The Morgan fingerprint density at radius 3 is 2.67 bits per heavy atom. The Kier molecular flexibility index (Phi) is 6.36. The Balaban J connectivity index is 1.94. The Morgan fingerprint density at radius 2 is 2.00 bits per heavy atom. The van der Waals surface area contributed by atoms with Crippen LogP contribution in [0.15, 0.2) is 23.1 Å². The van der Waals surface area contributed by atoms with Gasteiger partial charge in [-0.3, -0.25) is 4.79 Å². The summed E-state index contributed by atoms with van der Waals surface area (Å²) in [6.45, 7) is 2.31. The third-order valence-electron chi connectivity index (χ3n) is 5.16. The number of hydrogen-bond acceptors (Lipinski definition) is 6. The second-order valence-electron chi connectivity index (χ2n) is 6.77. The summed E-state index contributed by atoms with van der Waals surface area (Å²) < 4.78 is 38.0. The summed E-state index contributed by atoms with van der Waals surface area (Å²) in [7, 11) is -2.36. The number of rotatable bonds is 5. The molecule has 27 heavy (non-hydrogen) atoms. The molecule has 2 aliphatic heterocycles. The van der Waals surface area contributed by atoms with E-state index in [4.69, 9.17) is 15.2 Å². The molecule has 8 nitrogen and oxygen atoms in total. The molecule has 0 spiro atoms. The number of nitrogens with zero attached hydrogens (tertiary/aromatic N) is 2. The van der Waals surface area contributed by atoms with E-state index < -0.39 is 10.0 Å². The molecule has 0 bridgehead atoms. The maximum absolute atomic E-state index is 13.1. The van der Waals surface area contributed by atoms with Gasteiger partial charge in [-0.25, -0.2) is 8.42 Å². The van der Waals surface area contributed by atoms with Gasteiger partial charge in [0.25, 0.3) is 5.91 Å². The van der Waals surface area contributed by atoms with E-state index in [9.17, 15) is 13.2 Å². The van der Waals surface area contributed by atoms with Crippen LogP contribution in [0.5, 0.6) is 5.75 Å². The molecule has 2 saturated heterocycles. The molecular weight excluding hydrogens is 370 g/mol. The molecule has 0 saturated carbocycles. The lowest BCUT2D eigenvalue weighted by Crippen LogP contribution is -2.47. The highest BCUT2D eigenvalue weighted by molar-refractivity contribution is 7.89. The van der Waals surface area contributed by atoms with E-state index >= 15 is 0 Å². The van der Waals surface area contributed by atoms with E-state index in [0.717, 1.165) is 19.3 Å². The number of amides is 1. The van der Waals surface area contributed by atoms with E-state index in [0.29, 0.717) is 31.9 Å². The average Bonchev–Trinajstić information content (AvgIpc) is 2.73. The van der Waals surface area contributed by atoms with Crippen LogP contribution in [0.25, 0.3) is 0 Å². The van der Waals surface area contributed by atoms with Crippen LogP contribution in [0.2, 0.25) is 0 Å². The van der Waals surface area contributed by atoms with Crippen LogP contribution in [-0.4, -0.2) is 76.1 Å². The number of sulfonamides is 1. The van der Waals surface area contributed by atoms with Gasteiger partial charge in [-0.2, -0.15) is 4.31 Å². The van der Waals surface area contributed by atoms with Crippen LogP contribution < -0.4 is 10.5 Å². The summed E-state index contributed by atoms with van der Waals surface area (Å²) in [6.07, 6.45) is 2.85. The minimum atomic E-state index is -3.78. The van der Waals surface area contributed by atoms with Crippen LogP contribution >= 0.6 is 0 Å². The van der Waals surface area contributed by atoms with Gasteiger partial charge in [0.15, 0.2) is 0 Å². The summed E-state index contributed by atoms with van der Waals surface area (Å²) in [5, 5.41) is 0. The van der Waals surface area contributed by atoms with E-state index in [1.165, 1.54) is 17.5 Å². The van der Waals surface area contributed by atoms with Crippen molar-refractivity contribution in [2.75, 3.05) is 46.5 Å². The van der Waals surface area contributed by atoms with Crippen molar-refractivity contribution in [3.8, 4) is 5.75 Å². The number of ether oxygens (including phenoxy) is 2. The zero-order valence-electron chi connectivity index (χ0n) is 15.6. The van der Waals surface area contributed by atoms with Gasteiger partial charge in [-0.05, 0) is 37.5 Å². The Bertz CT molecular complexity index is 777. The molecule has 1 aromatic rings. The van der Waals surface area contributed by atoms with Crippen molar-refractivity contribution in [1.82, 2.24) is 9.21 Å². The molecule has 2 heterocycles. The van der Waals surface area contributed by atoms with Crippen LogP contribution in [0.3, 0.4) is 0 Å². The number of benzene rings is 1. The molecular formula is C18H27N3O5S. The van der Waals surface area contributed by atoms with Gasteiger partial charge in [0.2, 0.25) is 10.0 Å². The van der Waals surface area contributed by atoms with Gasteiger partial charge in [-0.15, -0.1) is 0 Å². The molecule has 2 fully saturated rings. The number of hydrogen-bond donors (Lipinski definition) is 1. The zero-order valence-corrected chi connectivity index (χ0v) is 16.4. The van der Waals surface area contributed by atoms with Gasteiger partial charge in [0.05, 0.1) is 20.3 Å². The van der Waals surface area contributed by atoms with Crippen molar-refractivity contribution in [1.29, 1.82) is 0 Å². The van der Waals surface area contributed by atoms with Gasteiger partial charge in [0, 0.05) is 37.8 Å².